The Bertz CT molecular complexity index is 405. The normalized spacial score (nSPS) is 36.0. The van der Waals surface area contributed by atoms with Crippen LogP contribution in [-0.4, -0.2) is 70.1 Å². The van der Waals surface area contributed by atoms with E-state index in [0.29, 0.717) is 0 Å². The van der Waals surface area contributed by atoms with Gasteiger partial charge in [0, 0.05) is 0 Å². The van der Waals surface area contributed by atoms with Crippen LogP contribution in [0.2, 0.25) is 0 Å². The van der Waals surface area contributed by atoms with Crippen molar-refractivity contribution in [2.24, 2.45) is 0 Å². The lowest BCUT2D eigenvalue weighted by Crippen LogP contribution is -2.69. The van der Waals surface area contributed by atoms with Crippen molar-refractivity contribution in [2.45, 2.75) is 70.4 Å². The number of piperidine rings is 1. The van der Waals surface area contributed by atoms with Gasteiger partial charge in [0.1, 0.15) is 23.9 Å². The largest absolute Gasteiger partial charge is 0.444 e. The fourth-order valence-corrected chi connectivity index (χ4v) is 2.58. The number of likely N-dealkylation sites (tertiary alicyclic amines) is 1. The van der Waals surface area contributed by atoms with Crippen molar-refractivity contribution in [3.05, 3.63) is 0 Å². The van der Waals surface area contributed by atoms with Crippen molar-refractivity contribution >= 4 is 6.09 Å². The molecule has 2 aliphatic heterocycles. The van der Waals surface area contributed by atoms with Crippen molar-refractivity contribution in [1.82, 2.24) is 4.90 Å². The molecule has 0 aromatic carbocycles. The molecule has 0 saturated carbocycles. The molecule has 2 aliphatic rings. The monoisotopic (exact) mass is 303 g/mol. The molecule has 0 aliphatic carbocycles. The van der Waals surface area contributed by atoms with E-state index in [0.717, 1.165) is 0 Å². The molecule has 2 saturated heterocycles. The first-order valence-electron chi connectivity index (χ1n) is 7.18. The van der Waals surface area contributed by atoms with E-state index in [1.54, 1.807) is 34.6 Å². The van der Waals surface area contributed by atoms with Crippen LogP contribution in [0, 0.1) is 0 Å². The van der Waals surface area contributed by atoms with Crippen LogP contribution in [0.3, 0.4) is 0 Å². The summed E-state index contributed by atoms with van der Waals surface area (Å²) in [7, 11) is 0. The maximum Gasteiger partial charge on any atom is 0.410 e. The molecule has 7 heteroatoms. The van der Waals surface area contributed by atoms with E-state index >= 15 is 0 Å². The zero-order valence-electron chi connectivity index (χ0n) is 13.2. The van der Waals surface area contributed by atoms with Gasteiger partial charge in [-0.1, -0.05) is 0 Å². The van der Waals surface area contributed by atoms with Gasteiger partial charge in [0.25, 0.3) is 0 Å². The molecule has 2 N–H and O–H groups in total. The average molecular weight is 303 g/mol. The fraction of sp³-hybridized carbons (Fsp3) is 0.929. The number of carbonyl (C=O) groups excluding carboxylic acids is 1. The number of rotatable bonds is 0. The number of aliphatic hydroxyl groups excluding tert-OH is 2. The maximum absolute atomic E-state index is 12.3. The van der Waals surface area contributed by atoms with E-state index in [1.807, 2.05) is 0 Å². The Labute approximate surface area is 124 Å². The highest BCUT2D eigenvalue weighted by molar-refractivity contribution is 5.69. The van der Waals surface area contributed by atoms with Crippen LogP contribution in [0.1, 0.15) is 34.6 Å². The zero-order valence-corrected chi connectivity index (χ0v) is 13.2. The van der Waals surface area contributed by atoms with Crippen LogP contribution in [0.5, 0.6) is 0 Å². The first-order chi connectivity index (χ1) is 9.50. The van der Waals surface area contributed by atoms with Crippen molar-refractivity contribution in [2.75, 3.05) is 13.2 Å². The van der Waals surface area contributed by atoms with Gasteiger partial charge in [-0.25, -0.2) is 4.79 Å². The van der Waals surface area contributed by atoms with Crippen molar-refractivity contribution in [1.29, 1.82) is 0 Å². The minimum Gasteiger partial charge on any atom is -0.444 e. The lowest BCUT2D eigenvalue weighted by atomic mass is 9.93. The number of aliphatic hydroxyl groups is 2. The Hall–Kier alpha value is -0.890. The molecular weight excluding hydrogens is 278 g/mol. The topological polar surface area (TPSA) is 88.5 Å². The molecule has 21 heavy (non-hydrogen) atoms. The lowest BCUT2D eigenvalue weighted by Gasteiger charge is -2.51. The van der Waals surface area contributed by atoms with Crippen LogP contribution >= 0.6 is 0 Å². The first-order valence-corrected chi connectivity index (χ1v) is 7.18. The molecule has 2 rings (SSSR count). The Morgan fingerprint density at radius 2 is 1.95 bits per heavy atom. The summed E-state index contributed by atoms with van der Waals surface area (Å²) in [4.78, 5) is 13.7. The van der Waals surface area contributed by atoms with Gasteiger partial charge < -0.3 is 24.4 Å². The van der Waals surface area contributed by atoms with Crippen molar-refractivity contribution in [3.63, 3.8) is 0 Å². The molecule has 0 aromatic heterocycles. The van der Waals surface area contributed by atoms with Gasteiger partial charge in [-0.15, -0.1) is 0 Å². The predicted octanol–water partition coefficient (Wildman–Crippen LogP) is 0.479. The van der Waals surface area contributed by atoms with Gasteiger partial charge >= 0.3 is 6.09 Å². The Morgan fingerprint density at radius 3 is 2.52 bits per heavy atom. The minimum atomic E-state index is -1.08. The molecule has 2 fully saturated rings. The summed E-state index contributed by atoms with van der Waals surface area (Å²) >= 11 is 0. The zero-order chi connectivity index (χ0) is 16.0. The molecule has 0 aromatic rings. The number of amides is 1. The van der Waals surface area contributed by atoms with Crippen molar-refractivity contribution < 1.29 is 29.2 Å². The average Bonchev–Trinajstić information content (AvgIpc) is 2.31. The van der Waals surface area contributed by atoms with Crippen LogP contribution in [-0.2, 0) is 14.2 Å². The smallest absolute Gasteiger partial charge is 0.410 e. The van der Waals surface area contributed by atoms with E-state index in [4.69, 9.17) is 14.2 Å². The Balaban J connectivity index is 2.18. The molecule has 7 nitrogen and oxygen atoms in total. The number of nitrogens with zero attached hydrogens (tertiary/aromatic N) is 1. The van der Waals surface area contributed by atoms with Gasteiger partial charge in [-0.3, -0.25) is 4.90 Å². The SMILES string of the molecule is CC(C)(C)OC(=O)N1CC(O)C(O)C2OC(C)(C)OCC21. The third-order valence-corrected chi connectivity index (χ3v) is 3.54. The second-order valence-electron chi connectivity index (χ2n) is 7.05. The predicted molar refractivity (Wildman–Crippen MR) is 73.6 cm³/mol. The van der Waals surface area contributed by atoms with E-state index in [1.165, 1.54) is 4.90 Å². The molecule has 4 atom stereocenters. The molecule has 4 unspecified atom stereocenters. The van der Waals surface area contributed by atoms with E-state index in [2.05, 4.69) is 0 Å². The second kappa shape index (κ2) is 5.39. The van der Waals surface area contributed by atoms with Gasteiger partial charge in [0.15, 0.2) is 5.79 Å². The van der Waals surface area contributed by atoms with E-state index in [-0.39, 0.29) is 13.2 Å². The summed E-state index contributed by atoms with van der Waals surface area (Å²) in [5, 5.41) is 20.1. The van der Waals surface area contributed by atoms with Crippen LogP contribution in [0.15, 0.2) is 0 Å². The third-order valence-electron chi connectivity index (χ3n) is 3.54. The minimum absolute atomic E-state index is 0.00953. The number of ether oxygens (including phenoxy) is 3. The highest BCUT2D eigenvalue weighted by atomic mass is 16.7. The van der Waals surface area contributed by atoms with Crippen LogP contribution in [0.25, 0.3) is 0 Å². The highest BCUT2D eigenvalue weighted by Crippen LogP contribution is 2.32. The summed E-state index contributed by atoms with van der Waals surface area (Å²) in [6.07, 6.45) is -3.38. The fourth-order valence-electron chi connectivity index (χ4n) is 2.58. The number of hydrogen-bond donors (Lipinski definition) is 2. The van der Waals surface area contributed by atoms with Crippen LogP contribution < -0.4 is 0 Å². The molecule has 2 heterocycles. The molecule has 0 bridgehead atoms. The molecular formula is C14H25NO6. The van der Waals surface area contributed by atoms with Gasteiger partial charge in [0.05, 0.1) is 19.2 Å². The summed E-state index contributed by atoms with van der Waals surface area (Å²) in [6.45, 7) is 8.99. The van der Waals surface area contributed by atoms with Gasteiger partial charge in [0.2, 0.25) is 0 Å². The molecule has 0 spiro atoms. The quantitative estimate of drug-likeness (QED) is 0.676. The standard InChI is InChI=1S/C14H25NO6/c1-13(2,3)21-12(18)15-6-9(16)10(17)11-8(15)7-19-14(4,5)20-11/h8-11,16-17H,6-7H2,1-5H3. The molecule has 0 radical (unpaired) electrons. The van der Waals surface area contributed by atoms with E-state index in [9.17, 15) is 15.0 Å². The van der Waals surface area contributed by atoms with E-state index < -0.39 is 41.8 Å². The highest BCUT2D eigenvalue weighted by Gasteiger charge is 2.51. The lowest BCUT2D eigenvalue weighted by molar-refractivity contribution is -0.322. The summed E-state index contributed by atoms with van der Waals surface area (Å²) in [5.41, 5.74) is -0.636. The van der Waals surface area contributed by atoms with Crippen LogP contribution in [0.4, 0.5) is 4.79 Å². The number of hydrogen-bond acceptors (Lipinski definition) is 6. The first kappa shape index (κ1) is 16.5. The number of fused-ring (bicyclic) bond motifs is 1. The number of carbonyl (C=O) groups is 1. The van der Waals surface area contributed by atoms with Gasteiger partial charge in [-0.2, -0.15) is 0 Å². The van der Waals surface area contributed by atoms with Gasteiger partial charge in [-0.05, 0) is 34.6 Å². The molecule has 122 valence electrons. The summed E-state index contributed by atoms with van der Waals surface area (Å²) in [6, 6.07) is -0.480. The maximum atomic E-state index is 12.3. The number of β-amino-alcohol motifs (C(OH)–C–C–N with tert-alkyl or cyclic N) is 1. The molecule has 1 amide bonds. The van der Waals surface area contributed by atoms with Crippen molar-refractivity contribution in [3.8, 4) is 0 Å². The summed E-state index contributed by atoms with van der Waals surface area (Å²) in [5.74, 6) is -0.862. The second-order valence-corrected chi connectivity index (χ2v) is 7.05. The summed E-state index contributed by atoms with van der Waals surface area (Å²) < 4.78 is 16.6. The Morgan fingerprint density at radius 1 is 1.33 bits per heavy atom. The Kier molecular flexibility index (Phi) is 4.23. The third kappa shape index (κ3) is 3.66.